The van der Waals surface area contributed by atoms with E-state index in [9.17, 15) is 19.1 Å². The molecule has 0 unspecified atom stereocenters. The fraction of sp³-hybridized carbons (Fsp3) is 0.943. The lowest BCUT2D eigenvalue weighted by Crippen LogP contribution is -2.28. The Hall–Kier alpha value is -1.17. The van der Waals surface area contributed by atoms with Gasteiger partial charge >= 0.3 is 11.9 Å². The third-order valence-corrected chi connectivity index (χ3v) is 7.93. The zero-order chi connectivity index (χ0) is 30.1. The van der Waals surface area contributed by atoms with Crippen molar-refractivity contribution in [3.8, 4) is 0 Å². The Kier molecular flexibility index (Phi) is 32.4. The molecule has 41 heavy (non-hydrogen) atoms. The molecule has 0 aromatic rings. The van der Waals surface area contributed by atoms with E-state index < -0.39 is 6.10 Å². The molecule has 0 bridgehead atoms. The molecule has 0 heterocycles. The number of esters is 2. The van der Waals surface area contributed by atoms with E-state index in [2.05, 4.69) is 6.92 Å². The van der Waals surface area contributed by atoms with Crippen LogP contribution >= 0.6 is 0 Å². The molecule has 0 aromatic heterocycles. The van der Waals surface area contributed by atoms with Crippen molar-refractivity contribution in [3.63, 3.8) is 0 Å². The summed E-state index contributed by atoms with van der Waals surface area (Å²) in [6, 6.07) is 0. The molecule has 1 N–H and O–H groups in total. The highest BCUT2D eigenvalue weighted by Crippen LogP contribution is 2.15. The van der Waals surface area contributed by atoms with Crippen LogP contribution in [0.5, 0.6) is 0 Å². The molecular formula is C35H67FO5. The number of alkyl halides is 1. The Morgan fingerprint density at radius 1 is 0.537 bits per heavy atom. The van der Waals surface area contributed by atoms with E-state index in [1.165, 1.54) is 109 Å². The second kappa shape index (κ2) is 33.3. The van der Waals surface area contributed by atoms with Crippen LogP contribution in [0.15, 0.2) is 0 Å². The minimum absolute atomic E-state index is 0.0739. The van der Waals surface area contributed by atoms with Gasteiger partial charge in [0, 0.05) is 12.8 Å². The van der Waals surface area contributed by atoms with Crippen LogP contribution in [0, 0.1) is 0 Å². The fourth-order valence-electron chi connectivity index (χ4n) is 5.22. The summed E-state index contributed by atoms with van der Waals surface area (Å²) in [5, 5.41) is 9.50. The summed E-state index contributed by atoms with van der Waals surface area (Å²) in [5.41, 5.74) is 0. The third-order valence-electron chi connectivity index (χ3n) is 7.93. The van der Waals surface area contributed by atoms with Crippen molar-refractivity contribution in [1.82, 2.24) is 0 Å². The van der Waals surface area contributed by atoms with Crippen LogP contribution in [0.4, 0.5) is 4.39 Å². The first-order valence-corrected chi connectivity index (χ1v) is 17.7. The van der Waals surface area contributed by atoms with Gasteiger partial charge in [-0.2, -0.15) is 0 Å². The normalized spacial score (nSPS) is 12.0. The highest BCUT2D eigenvalue weighted by molar-refractivity contribution is 5.70. The molecule has 0 aliphatic rings. The van der Waals surface area contributed by atoms with Crippen molar-refractivity contribution in [3.05, 3.63) is 0 Å². The first kappa shape index (κ1) is 39.8. The van der Waals surface area contributed by atoms with Gasteiger partial charge in [-0.3, -0.25) is 14.0 Å². The fourth-order valence-corrected chi connectivity index (χ4v) is 5.22. The summed E-state index contributed by atoms with van der Waals surface area (Å²) in [7, 11) is 0. The number of aliphatic hydroxyl groups excluding tert-OH is 1. The number of rotatable bonds is 33. The van der Waals surface area contributed by atoms with Gasteiger partial charge in [0.15, 0.2) is 6.10 Å². The molecule has 6 heteroatoms. The van der Waals surface area contributed by atoms with Crippen molar-refractivity contribution >= 4 is 11.9 Å². The van der Waals surface area contributed by atoms with Crippen molar-refractivity contribution in [2.75, 3.05) is 19.9 Å². The van der Waals surface area contributed by atoms with Crippen LogP contribution in [-0.2, 0) is 19.1 Å². The van der Waals surface area contributed by atoms with Crippen molar-refractivity contribution in [1.29, 1.82) is 0 Å². The zero-order valence-corrected chi connectivity index (χ0v) is 27.0. The third kappa shape index (κ3) is 31.6. The van der Waals surface area contributed by atoms with Crippen LogP contribution in [0.25, 0.3) is 0 Å². The van der Waals surface area contributed by atoms with Gasteiger partial charge in [-0.1, -0.05) is 155 Å². The quantitative estimate of drug-likeness (QED) is 0.0612. The van der Waals surface area contributed by atoms with Gasteiger partial charge in [-0.05, 0) is 19.3 Å². The summed E-state index contributed by atoms with van der Waals surface area (Å²) < 4.78 is 22.6. The Labute approximate surface area is 253 Å². The first-order valence-electron chi connectivity index (χ1n) is 17.7. The van der Waals surface area contributed by atoms with Gasteiger partial charge in [-0.15, -0.1) is 0 Å². The number of ether oxygens (including phenoxy) is 2. The van der Waals surface area contributed by atoms with Gasteiger partial charge < -0.3 is 14.6 Å². The van der Waals surface area contributed by atoms with Crippen molar-refractivity contribution in [2.45, 2.75) is 193 Å². The number of hydrogen-bond donors (Lipinski definition) is 1. The minimum atomic E-state index is -0.774. The average Bonchev–Trinajstić information content (AvgIpc) is 2.97. The lowest BCUT2D eigenvalue weighted by Gasteiger charge is -2.15. The number of carbonyl (C=O) groups is 2. The molecule has 1 atom stereocenters. The van der Waals surface area contributed by atoms with Gasteiger partial charge in [0.25, 0.3) is 0 Å². The molecule has 0 amide bonds. The SMILES string of the molecule is CCCCCCCCCCCCCCCC(=O)O[C@@H](CO)COC(=O)CCCCCCCCCCCCCCC[18F]. The molecule has 0 aliphatic heterocycles. The van der Waals surface area contributed by atoms with E-state index in [-0.39, 0.29) is 31.8 Å². The molecular weight excluding hydrogens is 518 g/mol. The maximum absolute atomic E-state index is 12.1. The number of unbranched alkanes of at least 4 members (excludes halogenated alkanes) is 24. The largest absolute Gasteiger partial charge is 0.462 e. The highest BCUT2D eigenvalue weighted by atomic mass is 18.2. The zero-order valence-electron chi connectivity index (χ0n) is 27.0. The van der Waals surface area contributed by atoms with Gasteiger partial charge in [-0.25, -0.2) is 0 Å². The van der Waals surface area contributed by atoms with Crippen LogP contribution in [0.1, 0.15) is 187 Å². The molecule has 244 valence electrons. The van der Waals surface area contributed by atoms with Crippen LogP contribution in [-0.4, -0.2) is 43.0 Å². The summed E-state index contributed by atoms with van der Waals surface area (Å²) in [6.45, 7) is 1.67. The van der Waals surface area contributed by atoms with E-state index >= 15 is 0 Å². The number of hydrogen-bond acceptors (Lipinski definition) is 5. The number of halogens is 1. The van der Waals surface area contributed by atoms with E-state index in [1.807, 2.05) is 0 Å². The maximum atomic E-state index is 12.1. The second-order valence-corrected chi connectivity index (χ2v) is 12.0. The molecule has 5 nitrogen and oxygen atoms in total. The topological polar surface area (TPSA) is 72.8 Å². The standard InChI is InChI=1S/C35H67FO5/c1-2-3-4-5-6-7-8-10-14-17-20-23-26-29-35(39)41-33(31-37)32-40-34(38)28-25-22-19-16-13-11-9-12-15-18-21-24-27-30-36/h33,37H,2-32H2,1H3/t33-/m0/s1/i36-1. The Balaban J connectivity index is 3.52. The smallest absolute Gasteiger partial charge is 0.306 e. The molecule has 0 saturated heterocycles. The molecule has 0 aliphatic carbocycles. The summed E-state index contributed by atoms with van der Waals surface area (Å²) in [4.78, 5) is 24.1. The molecule has 0 rings (SSSR count). The summed E-state index contributed by atoms with van der Waals surface area (Å²) in [5.74, 6) is -0.612. The van der Waals surface area contributed by atoms with Gasteiger partial charge in [0.1, 0.15) is 6.61 Å². The summed E-state index contributed by atoms with van der Waals surface area (Å²) >= 11 is 0. The predicted molar refractivity (Wildman–Crippen MR) is 169 cm³/mol. The van der Waals surface area contributed by atoms with Crippen LogP contribution in [0.2, 0.25) is 0 Å². The lowest BCUT2D eigenvalue weighted by molar-refractivity contribution is -0.161. The molecule has 0 saturated carbocycles. The average molecular weight is 586 g/mol. The van der Waals surface area contributed by atoms with Crippen molar-refractivity contribution < 1.29 is 28.6 Å². The van der Waals surface area contributed by atoms with Crippen LogP contribution < -0.4 is 0 Å². The molecule has 0 fully saturated rings. The highest BCUT2D eigenvalue weighted by Gasteiger charge is 2.16. The second-order valence-electron chi connectivity index (χ2n) is 12.0. The minimum Gasteiger partial charge on any atom is -0.462 e. The Bertz CT molecular complexity index is 557. The monoisotopic (exact) mass is 585 g/mol. The molecule has 0 spiro atoms. The molecule has 0 aromatic carbocycles. The number of carbonyl (C=O) groups excluding carboxylic acids is 2. The lowest BCUT2D eigenvalue weighted by atomic mass is 10.0. The van der Waals surface area contributed by atoms with E-state index in [4.69, 9.17) is 9.47 Å². The van der Waals surface area contributed by atoms with Crippen LogP contribution in [0.3, 0.4) is 0 Å². The van der Waals surface area contributed by atoms with E-state index in [0.717, 1.165) is 57.8 Å². The Morgan fingerprint density at radius 2 is 0.878 bits per heavy atom. The number of aliphatic hydroxyl groups is 1. The van der Waals surface area contributed by atoms with E-state index in [1.54, 1.807) is 0 Å². The van der Waals surface area contributed by atoms with Crippen molar-refractivity contribution in [2.24, 2.45) is 0 Å². The maximum Gasteiger partial charge on any atom is 0.306 e. The predicted octanol–water partition coefficient (Wildman–Crippen LogP) is 10.3. The summed E-state index contributed by atoms with van der Waals surface area (Å²) in [6.07, 6.45) is 30.9. The Morgan fingerprint density at radius 3 is 1.24 bits per heavy atom. The van der Waals surface area contributed by atoms with Gasteiger partial charge in [0.2, 0.25) is 0 Å². The van der Waals surface area contributed by atoms with Gasteiger partial charge in [0.05, 0.1) is 13.3 Å². The first-order chi connectivity index (χ1) is 20.1. The molecule has 0 radical (unpaired) electrons. The van der Waals surface area contributed by atoms with E-state index in [0.29, 0.717) is 12.8 Å².